The molecule has 2 aromatic heterocycles. The Hall–Kier alpha value is -2.31. The number of nitrogens with two attached hydrogens (primary N) is 1. The molecule has 0 fully saturated rings. The van der Waals surface area contributed by atoms with Crippen LogP contribution in [0.25, 0.3) is 11.0 Å². The monoisotopic (exact) mass is 304 g/mol. The zero-order valence-corrected chi connectivity index (χ0v) is 12.0. The molecule has 0 aliphatic heterocycles. The third kappa shape index (κ3) is 2.39. The number of aromatic nitrogens is 2. The fraction of sp³-hybridized carbons (Fsp3) is 0.143. The summed E-state index contributed by atoms with van der Waals surface area (Å²) in [5, 5.41) is 5.54. The lowest BCUT2D eigenvalue weighted by Crippen LogP contribution is -2.30. The summed E-state index contributed by atoms with van der Waals surface area (Å²) in [5.74, 6) is 5.35. The van der Waals surface area contributed by atoms with Crippen LogP contribution < -0.4 is 11.3 Å². The molecular formula is C14H13ClN4O2. The number of carbonyl (C=O) groups excluding carboxylic acids is 1. The Bertz CT molecular complexity index is 802. The van der Waals surface area contributed by atoms with Crippen molar-refractivity contribution in [2.45, 2.75) is 13.5 Å². The van der Waals surface area contributed by atoms with Gasteiger partial charge >= 0.3 is 0 Å². The second kappa shape index (κ2) is 5.23. The molecule has 0 saturated heterocycles. The minimum atomic E-state index is -0.398. The van der Waals surface area contributed by atoms with Crippen LogP contribution in [-0.4, -0.2) is 15.7 Å². The van der Waals surface area contributed by atoms with Gasteiger partial charge in [0, 0.05) is 11.6 Å². The summed E-state index contributed by atoms with van der Waals surface area (Å²) in [6.07, 6.45) is 1.69. The van der Waals surface area contributed by atoms with Crippen LogP contribution in [0, 0.1) is 6.92 Å². The number of nitrogens with one attached hydrogen (secondary N) is 1. The molecule has 0 aliphatic carbocycles. The molecule has 0 bridgehead atoms. The molecular weight excluding hydrogens is 292 g/mol. The highest BCUT2D eigenvalue weighted by molar-refractivity contribution is 6.31. The summed E-state index contributed by atoms with van der Waals surface area (Å²) < 4.78 is 7.38. The van der Waals surface area contributed by atoms with E-state index in [1.54, 1.807) is 16.9 Å². The quantitative estimate of drug-likeness (QED) is 0.441. The zero-order valence-electron chi connectivity index (χ0n) is 11.3. The average Bonchev–Trinajstić information content (AvgIpc) is 2.98. The number of carbonyl (C=O) groups is 1. The van der Waals surface area contributed by atoms with Crippen LogP contribution in [0.15, 0.2) is 34.9 Å². The van der Waals surface area contributed by atoms with E-state index in [4.69, 9.17) is 21.9 Å². The molecule has 0 atom stereocenters. The number of hydrogen-bond donors (Lipinski definition) is 2. The summed E-state index contributed by atoms with van der Waals surface area (Å²) in [4.78, 5) is 12.0. The van der Waals surface area contributed by atoms with Gasteiger partial charge in [-0.3, -0.25) is 14.9 Å². The molecule has 0 spiro atoms. The Balaban J connectivity index is 2.10. The van der Waals surface area contributed by atoms with Gasteiger partial charge in [-0.15, -0.1) is 0 Å². The number of hydrazine groups is 1. The SMILES string of the molecule is Cc1nn(Cc2oc3ccccc3c2C(=O)NN)cc1Cl. The molecule has 1 aromatic carbocycles. The van der Waals surface area contributed by atoms with Crippen LogP contribution in [0.1, 0.15) is 21.8 Å². The van der Waals surface area contributed by atoms with E-state index in [1.807, 2.05) is 25.1 Å². The smallest absolute Gasteiger partial charge is 0.269 e. The molecule has 3 N–H and O–H groups in total. The Morgan fingerprint density at radius 1 is 1.48 bits per heavy atom. The number of hydrogen-bond acceptors (Lipinski definition) is 4. The van der Waals surface area contributed by atoms with E-state index in [1.165, 1.54) is 0 Å². The number of amides is 1. The zero-order chi connectivity index (χ0) is 15.0. The van der Waals surface area contributed by atoms with Crippen molar-refractivity contribution in [2.24, 2.45) is 5.84 Å². The van der Waals surface area contributed by atoms with E-state index in [9.17, 15) is 4.79 Å². The largest absolute Gasteiger partial charge is 0.458 e. The first-order chi connectivity index (χ1) is 10.1. The van der Waals surface area contributed by atoms with Crippen molar-refractivity contribution in [3.05, 3.63) is 52.5 Å². The summed E-state index contributed by atoms with van der Waals surface area (Å²) >= 11 is 5.99. The van der Waals surface area contributed by atoms with E-state index in [0.717, 1.165) is 5.69 Å². The highest BCUT2D eigenvalue weighted by Gasteiger charge is 2.20. The van der Waals surface area contributed by atoms with E-state index in [2.05, 4.69) is 10.5 Å². The standard InChI is InChI=1S/C14H13ClN4O2/c1-8-10(15)6-19(18-8)7-12-13(14(20)17-16)9-4-2-3-5-11(9)21-12/h2-6H,7,16H2,1H3,(H,17,20). The van der Waals surface area contributed by atoms with Gasteiger partial charge in [0.05, 0.1) is 22.8 Å². The van der Waals surface area contributed by atoms with E-state index < -0.39 is 5.91 Å². The van der Waals surface area contributed by atoms with Crippen LogP contribution in [0.2, 0.25) is 5.02 Å². The second-order valence-electron chi connectivity index (χ2n) is 4.63. The molecule has 0 unspecified atom stereocenters. The van der Waals surface area contributed by atoms with Crippen LogP contribution in [0.4, 0.5) is 0 Å². The Morgan fingerprint density at radius 3 is 2.90 bits per heavy atom. The maximum atomic E-state index is 12.0. The lowest BCUT2D eigenvalue weighted by molar-refractivity contribution is 0.0953. The Labute approximate surface area is 125 Å². The number of nitrogens with zero attached hydrogens (tertiary/aromatic N) is 2. The normalized spacial score (nSPS) is 11.0. The molecule has 3 rings (SSSR count). The number of halogens is 1. The number of nitrogen functional groups attached to an aromatic ring is 1. The molecule has 21 heavy (non-hydrogen) atoms. The Morgan fingerprint density at radius 2 is 2.24 bits per heavy atom. The topological polar surface area (TPSA) is 86.1 Å². The minimum Gasteiger partial charge on any atom is -0.458 e. The van der Waals surface area contributed by atoms with Crippen molar-refractivity contribution in [3.8, 4) is 0 Å². The van der Waals surface area contributed by atoms with Crippen molar-refractivity contribution in [1.29, 1.82) is 0 Å². The molecule has 3 aromatic rings. The number of furan rings is 1. The van der Waals surface area contributed by atoms with Crippen molar-refractivity contribution in [1.82, 2.24) is 15.2 Å². The summed E-state index contributed by atoms with van der Waals surface area (Å²) in [5.41, 5.74) is 3.91. The van der Waals surface area contributed by atoms with Gasteiger partial charge in [0.15, 0.2) is 0 Å². The van der Waals surface area contributed by atoms with Crippen LogP contribution in [-0.2, 0) is 6.54 Å². The van der Waals surface area contributed by atoms with Gasteiger partial charge in [-0.1, -0.05) is 29.8 Å². The first kappa shape index (κ1) is 13.7. The van der Waals surface area contributed by atoms with Gasteiger partial charge in [-0.25, -0.2) is 5.84 Å². The van der Waals surface area contributed by atoms with Crippen LogP contribution in [0.5, 0.6) is 0 Å². The number of para-hydroxylation sites is 1. The molecule has 0 saturated carbocycles. The molecule has 6 nitrogen and oxygen atoms in total. The molecule has 1 amide bonds. The van der Waals surface area contributed by atoms with Gasteiger partial charge in [-0.05, 0) is 13.0 Å². The highest BCUT2D eigenvalue weighted by Crippen LogP contribution is 2.26. The van der Waals surface area contributed by atoms with Gasteiger partial charge in [-0.2, -0.15) is 5.10 Å². The highest BCUT2D eigenvalue weighted by atomic mass is 35.5. The summed E-state index contributed by atoms with van der Waals surface area (Å²) in [6, 6.07) is 7.29. The van der Waals surface area contributed by atoms with E-state index in [-0.39, 0.29) is 0 Å². The number of fused-ring (bicyclic) bond motifs is 1. The predicted octanol–water partition coefficient (Wildman–Crippen LogP) is 2.24. The number of aryl methyl sites for hydroxylation is 1. The number of rotatable bonds is 3. The summed E-state index contributed by atoms with van der Waals surface area (Å²) in [6.45, 7) is 2.11. The van der Waals surface area contributed by atoms with Crippen molar-refractivity contribution in [3.63, 3.8) is 0 Å². The third-order valence-corrected chi connectivity index (χ3v) is 3.59. The molecule has 0 radical (unpaired) electrons. The van der Waals surface area contributed by atoms with E-state index in [0.29, 0.717) is 33.9 Å². The maximum absolute atomic E-state index is 12.0. The van der Waals surface area contributed by atoms with Gasteiger partial charge in [0.25, 0.3) is 5.91 Å². The van der Waals surface area contributed by atoms with Crippen molar-refractivity contribution in [2.75, 3.05) is 0 Å². The lowest BCUT2D eigenvalue weighted by atomic mass is 10.1. The minimum absolute atomic E-state index is 0.297. The first-order valence-corrected chi connectivity index (χ1v) is 6.69. The van der Waals surface area contributed by atoms with E-state index >= 15 is 0 Å². The second-order valence-corrected chi connectivity index (χ2v) is 5.04. The van der Waals surface area contributed by atoms with Crippen LogP contribution >= 0.6 is 11.6 Å². The molecule has 7 heteroatoms. The van der Waals surface area contributed by atoms with Gasteiger partial charge < -0.3 is 4.42 Å². The van der Waals surface area contributed by atoms with Crippen LogP contribution in [0.3, 0.4) is 0 Å². The first-order valence-electron chi connectivity index (χ1n) is 6.31. The molecule has 0 aliphatic rings. The predicted molar refractivity (Wildman–Crippen MR) is 78.9 cm³/mol. The van der Waals surface area contributed by atoms with Crippen molar-refractivity contribution >= 4 is 28.5 Å². The number of benzene rings is 1. The van der Waals surface area contributed by atoms with Gasteiger partial charge in [0.1, 0.15) is 11.3 Å². The molecule has 2 heterocycles. The Kier molecular flexibility index (Phi) is 3.40. The van der Waals surface area contributed by atoms with Crippen molar-refractivity contribution < 1.29 is 9.21 Å². The third-order valence-electron chi connectivity index (χ3n) is 3.22. The fourth-order valence-corrected chi connectivity index (χ4v) is 2.40. The lowest BCUT2D eigenvalue weighted by Gasteiger charge is -2.02. The maximum Gasteiger partial charge on any atom is 0.269 e. The fourth-order valence-electron chi connectivity index (χ4n) is 2.25. The van der Waals surface area contributed by atoms with Gasteiger partial charge in [0.2, 0.25) is 0 Å². The average molecular weight is 305 g/mol. The summed E-state index contributed by atoms with van der Waals surface area (Å²) in [7, 11) is 0. The molecule has 108 valence electrons.